The molecule has 3 heteroatoms. The normalized spacial score (nSPS) is 11.3. The van der Waals surface area contributed by atoms with Gasteiger partial charge in [-0.2, -0.15) is 5.10 Å². The van der Waals surface area contributed by atoms with Crippen LogP contribution in [0.15, 0.2) is 18.2 Å². The van der Waals surface area contributed by atoms with Crippen LogP contribution in [0.25, 0.3) is 5.69 Å². The molecule has 0 fully saturated rings. The molecule has 19 heavy (non-hydrogen) atoms. The van der Waals surface area contributed by atoms with Crippen molar-refractivity contribution >= 4 is 11.6 Å². The number of aromatic nitrogens is 2. The minimum atomic E-state index is 0.583. The van der Waals surface area contributed by atoms with Crippen LogP contribution in [0.5, 0.6) is 0 Å². The van der Waals surface area contributed by atoms with Gasteiger partial charge in [0.1, 0.15) is 5.15 Å². The molecule has 0 amide bonds. The molecule has 1 heterocycles. The van der Waals surface area contributed by atoms with Gasteiger partial charge in [-0.25, -0.2) is 4.68 Å². The van der Waals surface area contributed by atoms with E-state index in [1.807, 2.05) is 10.7 Å². The Morgan fingerprint density at radius 3 is 2.21 bits per heavy atom. The van der Waals surface area contributed by atoms with Gasteiger partial charge in [0.25, 0.3) is 0 Å². The topological polar surface area (TPSA) is 17.8 Å². The maximum atomic E-state index is 6.35. The van der Waals surface area contributed by atoms with Crippen molar-refractivity contribution in [3.63, 3.8) is 0 Å². The maximum absolute atomic E-state index is 6.35. The average Bonchev–Trinajstić information content (AvgIpc) is 2.57. The summed E-state index contributed by atoms with van der Waals surface area (Å²) in [5, 5.41) is 5.34. The zero-order valence-electron chi connectivity index (χ0n) is 12.3. The van der Waals surface area contributed by atoms with Crippen LogP contribution in [0, 0.1) is 26.7 Å². The molecular weight excluding hydrogens is 256 g/mol. The van der Waals surface area contributed by atoms with Crippen LogP contribution in [0.4, 0.5) is 0 Å². The standard InChI is InChI=1S/C16H21ClN2/c1-10(2)6-14-9-15(17)19(18-14)16-12(4)7-11(3)8-13(16)5/h7-10H,6H2,1-5H3. The molecule has 2 nitrogen and oxygen atoms in total. The van der Waals surface area contributed by atoms with Gasteiger partial charge in [0.05, 0.1) is 11.4 Å². The van der Waals surface area contributed by atoms with Crippen LogP contribution in [0.2, 0.25) is 5.15 Å². The van der Waals surface area contributed by atoms with E-state index in [1.165, 1.54) is 16.7 Å². The predicted molar refractivity (Wildman–Crippen MR) is 81.3 cm³/mol. The van der Waals surface area contributed by atoms with Crippen molar-refractivity contribution in [1.82, 2.24) is 9.78 Å². The number of hydrogen-bond acceptors (Lipinski definition) is 1. The lowest BCUT2D eigenvalue weighted by Gasteiger charge is -2.12. The third-order valence-corrected chi connectivity index (χ3v) is 3.45. The molecule has 0 aliphatic carbocycles. The zero-order chi connectivity index (χ0) is 14.2. The number of nitrogens with zero attached hydrogens (tertiary/aromatic N) is 2. The summed E-state index contributed by atoms with van der Waals surface area (Å²) in [6, 6.07) is 6.31. The quantitative estimate of drug-likeness (QED) is 0.798. The van der Waals surface area contributed by atoms with Gasteiger partial charge in [-0.05, 0) is 50.3 Å². The van der Waals surface area contributed by atoms with Crippen LogP contribution >= 0.6 is 11.6 Å². The number of halogens is 1. The van der Waals surface area contributed by atoms with E-state index >= 15 is 0 Å². The van der Waals surface area contributed by atoms with E-state index in [0.29, 0.717) is 11.1 Å². The largest absolute Gasteiger partial charge is 0.221 e. The highest BCUT2D eigenvalue weighted by Gasteiger charge is 2.13. The number of rotatable bonds is 3. The molecule has 0 saturated carbocycles. The first-order valence-corrected chi connectivity index (χ1v) is 7.09. The monoisotopic (exact) mass is 276 g/mol. The highest BCUT2D eigenvalue weighted by molar-refractivity contribution is 6.29. The highest BCUT2D eigenvalue weighted by atomic mass is 35.5. The molecule has 1 aromatic heterocycles. The summed E-state index contributed by atoms with van der Waals surface area (Å²) in [6.45, 7) is 10.7. The van der Waals surface area contributed by atoms with Crippen molar-refractivity contribution in [3.8, 4) is 5.69 Å². The van der Waals surface area contributed by atoms with Gasteiger partial charge >= 0.3 is 0 Å². The summed E-state index contributed by atoms with van der Waals surface area (Å²) in [6.07, 6.45) is 0.955. The minimum absolute atomic E-state index is 0.583. The van der Waals surface area contributed by atoms with Gasteiger partial charge < -0.3 is 0 Å². The van der Waals surface area contributed by atoms with Gasteiger partial charge in [-0.15, -0.1) is 0 Å². The van der Waals surface area contributed by atoms with E-state index < -0.39 is 0 Å². The van der Waals surface area contributed by atoms with Gasteiger partial charge in [-0.1, -0.05) is 43.1 Å². The van der Waals surface area contributed by atoms with Crippen molar-refractivity contribution < 1.29 is 0 Å². The smallest absolute Gasteiger partial charge is 0.133 e. The van der Waals surface area contributed by atoms with E-state index in [9.17, 15) is 0 Å². The van der Waals surface area contributed by atoms with Gasteiger partial charge in [-0.3, -0.25) is 0 Å². The molecule has 0 bridgehead atoms. The fourth-order valence-corrected chi connectivity index (χ4v) is 2.83. The fourth-order valence-electron chi connectivity index (χ4n) is 2.59. The molecule has 102 valence electrons. The molecule has 0 N–H and O–H groups in total. The van der Waals surface area contributed by atoms with E-state index in [0.717, 1.165) is 17.8 Å². The third-order valence-electron chi connectivity index (χ3n) is 3.18. The molecule has 0 aliphatic rings. The highest BCUT2D eigenvalue weighted by Crippen LogP contribution is 2.25. The van der Waals surface area contributed by atoms with E-state index in [1.54, 1.807) is 0 Å². The second kappa shape index (κ2) is 5.38. The van der Waals surface area contributed by atoms with Crippen molar-refractivity contribution in [2.75, 3.05) is 0 Å². The molecule has 0 saturated heterocycles. The molecule has 2 aromatic rings. The Kier molecular flexibility index (Phi) is 4.00. The summed E-state index contributed by atoms with van der Waals surface area (Å²) in [4.78, 5) is 0. The lowest BCUT2D eigenvalue weighted by Crippen LogP contribution is -2.04. The van der Waals surface area contributed by atoms with Crippen LogP contribution in [0.3, 0.4) is 0 Å². The first kappa shape index (κ1) is 14.1. The summed E-state index contributed by atoms with van der Waals surface area (Å²) >= 11 is 6.35. The van der Waals surface area contributed by atoms with Crippen LogP contribution in [0.1, 0.15) is 36.2 Å². The maximum Gasteiger partial charge on any atom is 0.133 e. The van der Waals surface area contributed by atoms with E-state index in [-0.39, 0.29) is 0 Å². The molecular formula is C16H21ClN2. The molecule has 1 aromatic carbocycles. The number of benzene rings is 1. The molecule has 0 atom stereocenters. The van der Waals surface area contributed by atoms with E-state index in [4.69, 9.17) is 11.6 Å². The molecule has 2 rings (SSSR count). The summed E-state index contributed by atoms with van der Waals surface area (Å²) in [5.74, 6) is 0.583. The SMILES string of the molecule is Cc1cc(C)c(-n2nc(CC(C)C)cc2Cl)c(C)c1. The Morgan fingerprint density at radius 2 is 1.68 bits per heavy atom. The summed E-state index contributed by atoms with van der Waals surface area (Å²) in [5.41, 5.74) is 5.84. The van der Waals surface area contributed by atoms with Gasteiger partial charge in [0, 0.05) is 0 Å². The average molecular weight is 277 g/mol. The van der Waals surface area contributed by atoms with Crippen molar-refractivity contribution in [1.29, 1.82) is 0 Å². The fraction of sp³-hybridized carbons (Fsp3) is 0.438. The van der Waals surface area contributed by atoms with Crippen LogP contribution in [-0.4, -0.2) is 9.78 Å². The first-order chi connectivity index (χ1) is 8.88. The van der Waals surface area contributed by atoms with Crippen molar-refractivity contribution in [2.45, 2.75) is 41.0 Å². The van der Waals surface area contributed by atoms with Gasteiger partial charge in [0.2, 0.25) is 0 Å². The zero-order valence-corrected chi connectivity index (χ0v) is 13.0. The molecule has 0 unspecified atom stereocenters. The Balaban J connectivity index is 2.50. The van der Waals surface area contributed by atoms with Crippen LogP contribution in [-0.2, 0) is 6.42 Å². The van der Waals surface area contributed by atoms with Crippen molar-refractivity contribution in [3.05, 3.63) is 45.7 Å². The first-order valence-electron chi connectivity index (χ1n) is 6.71. The summed E-state index contributed by atoms with van der Waals surface area (Å²) < 4.78 is 1.86. The van der Waals surface area contributed by atoms with Gasteiger partial charge in [0.15, 0.2) is 0 Å². The Morgan fingerprint density at radius 1 is 1.11 bits per heavy atom. The third kappa shape index (κ3) is 3.01. The predicted octanol–water partition coefficient (Wildman–Crippen LogP) is 4.65. The minimum Gasteiger partial charge on any atom is -0.221 e. The second-order valence-corrected chi connectivity index (χ2v) is 6.10. The molecule has 0 radical (unpaired) electrons. The Hall–Kier alpha value is -1.28. The number of aryl methyl sites for hydroxylation is 3. The molecule has 0 aliphatic heterocycles. The summed E-state index contributed by atoms with van der Waals surface area (Å²) in [7, 11) is 0. The Bertz CT molecular complexity index is 574. The van der Waals surface area contributed by atoms with E-state index in [2.05, 4.69) is 51.9 Å². The second-order valence-electron chi connectivity index (χ2n) is 5.72. The van der Waals surface area contributed by atoms with Crippen molar-refractivity contribution in [2.24, 2.45) is 5.92 Å². The Labute approximate surface area is 120 Å². The number of hydrogen-bond donors (Lipinski definition) is 0. The van der Waals surface area contributed by atoms with Crippen LogP contribution < -0.4 is 0 Å². The lowest BCUT2D eigenvalue weighted by molar-refractivity contribution is 0.628. The lowest BCUT2D eigenvalue weighted by atomic mass is 10.1. The molecule has 0 spiro atoms.